The fraction of sp³-hybridized carbons (Fsp3) is 0.250. The van der Waals surface area contributed by atoms with Gasteiger partial charge in [-0.2, -0.15) is 0 Å². The van der Waals surface area contributed by atoms with E-state index in [1.54, 1.807) is 4.90 Å². The lowest BCUT2D eigenvalue weighted by atomic mass is 10.0. The van der Waals surface area contributed by atoms with Crippen molar-refractivity contribution in [3.63, 3.8) is 0 Å². The fourth-order valence-electron chi connectivity index (χ4n) is 4.37. The average molecular weight is 574 g/mol. The summed E-state index contributed by atoms with van der Waals surface area (Å²) >= 11 is 3.53. The summed E-state index contributed by atoms with van der Waals surface area (Å²) in [6.45, 7) is 4.10. The van der Waals surface area contributed by atoms with Crippen LogP contribution in [0.25, 0.3) is 10.8 Å². The highest BCUT2D eigenvalue weighted by molar-refractivity contribution is 9.10. The molecule has 4 rings (SSSR count). The molecule has 4 aromatic rings. The van der Waals surface area contributed by atoms with Crippen molar-refractivity contribution in [2.75, 3.05) is 6.61 Å². The van der Waals surface area contributed by atoms with Crippen LogP contribution in [-0.4, -0.2) is 35.4 Å². The van der Waals surface area contributed by atoms with Crippen LogP contribution in [0.4, 0.5) is 0 Å². The molecule has 2 amide bonds. The molecular formula is C32H33BrN2O3. The van der Waals surface area contributed by atoms with E-state index in [1.165, 1.54) is 0 Å². The summed E-state index contributed by atoms with van der Waals surface area (Å²) in [6.07, 6.45) is 1.20. The van der Waals surface area contributed by atoms with Crippen LogP contribution in [0.15, 0.2) is 102 Å². The molecule has 6 heteroatoms. The van der Waals surface area contributed by atoms with Gasteiger partial charge in [0.05, 0.1) is 0 Å². The number of nitrogens with one attached hydrogen (secondary N) is 1. The van der Waals surface area contributed by atoms with Crippen molar-refractivity contribution < 1.29 is 14.3 Å². The van der Waals surface area contributed by atoms with Gasteiger partial charge in [0.2, 0.25) is 5.91 Å². The molecule has 0 unspecified atom stereocenters. The molecule has 5 nitrogen and oxygen atoms in total. The zero-order chi connectivity index (χ0) is 26.9. The van der Waals surface area contributed by atoms with Gasteiger partial charge in [-0.15, -0.1) is 0 Å². The summed E-state index contributed by atoms with van der Waals surface area (Å²) in [5.41, 5.74) is 1.91. The summed E-state index contributed by atoms with van der Waals surface area (Å²) in [5.74, 6) is 0.220. The molecular weight excluding hydrogens is 540 g/mol. The monoisotopic (exact) mass is 572 g/mol. The number of benzene rings is 4. The van der Waals surface area contributed by atoms with Gasteiger partial charge in [-0.1, -0.05) is 102 Å². The number of halogens is 1. The molecule has 0 fully saturated rings. The maximum absolute atomic E-state index is 13.8. The van der Waals surface area contributed by atoms with Crippen LogP contribution in [0.2, 0.25) is 0 Å². The number of hydrogen-bond donors (Lipinski definition) is 1. The van der Waals surface area contributed by atoms with Crippen molar-refractivity contribution in [2.24, 2.45) is 0 Å². The molecule has 1 N–H and O–H groups in total. The Morgan fingerprint density at radius 3 is 2.34 bits per heavy atom. The largest absolute Gasteiger partial charge is 0.483 e. The van der Waals surface area contributed by atoms with E-state index in [-0.39, 0.29) is 31.0 Å². The molecule has 0 aliphatic carbocycles. The first-order valence-corrected chi connectivity index (χ1v) is 13.7. The minimum absolute atomic E-state index is 0.00414. The minimum Gasteiger partial charge on any atom is -0.483 e. The Hall–Kier alpha value is -3.64. The average Bonchev–Trinajstić information content (AvgIpc) is 2.94. The molecule has 0 spiro atoms. The van der Waals surface area contributed by atoms with Crippen molar-refractivity contribution in [1.29, 1.82) is 0 Å². The number of amides is 2. The topological polar surface area (TPSA) is 58.6 Å². The SMILES string of the molecule is CC[C@H](C)NC(=O)[C@@H](Cc1ccccc1)N(Cc1cccc(Br)c1)C(=O)COc1cccc2ccccc12. The van der Waals surface area contributed by atoms with Gasteiger partial charge >= 0.3 is 0 Å². The first-order chi connectivity index (χ1) is 18.4. The summed E-state index contributed by atoms with van der Waals surface area (Å²) in [4.78, 5) is 29.1. The predicted octanol–water partition coefficient (Wildman–Crippen LogP) is 6.54. The molecule has 0 aliphatic rings. The second-order valence-corrected chi connectivity index (χ2v) is 10.4. The highest BCUT2D eigenvalue weighted by Gasteiger charge is 2.31. The maximum atomic E-state index is 13.8. The first-order valence-electron chi connectivity index (χ1n) is 12.9. The van der Waals surface area contributed by atoms with Crippen LogP contribution in [0, 0.1) is 0 Å². The Morgan fingerprint density at radius 1 is 0.895 bits per heavy atom. The third-order valence-corrected chi connectivity index (χ3v) is 7.11. The maximum Gasteiger partial charge on any atom is 0.261 e. The van der Waals surface area contributed by atoms with Crippen LogP contribution in [0.3, 0.4) is 0 Å². The van der Waals surface area contributed by atoms with Gasteiger partial charge in [-0.3, -0.25) is 9.59 Å². The van der Waals surface area contributed by atoms with E-state index < -0.39 is 6.04 Å². The van der Waals surface area contributed by atoms with E-state index in [1.807, 2.05) is 111 Å². The van der Waals surface area contributed by atoms with Crippen LogP contribution >= 0.6 is 15.9 Å². The van der Waals surface area contributed by atoms with E-state index in [0.717, 1.165) is 32.8 Å². The van der Waals surface area contributed by atoms with E-state index in [9.17, 15) is 9.59 Å². The molecule has 0 bridgehead atoms. The van der Waals surface area contributed by atoms with Crippen molar-refractivity contribution in [3.05, 3.63) is 113 Å². The van der Waals surface area contributed by atoms with E-state index in [0.29, 0.717) is 12.2 Å². The van der Waals surface area contributed by atoms with E-state index >= 15 is 0 Å². The summed E-state index contributed by atoms with van der Waals surface area (Å²) < 4.78 is 6.99. The molecule has 0 heterocycles. The first kappa shape index (κ1) is 27.4. The second-order valence-electron chi connectivity index (χ2n) is 9.44. The number of carbonyl (C=O) groups is 2. The lowest BCUT2D eigenvalue weighted by Crippen LogP contribution is -2.53. The van der Waals surface area contributed by atoms with Gasteiger partial charge in [-0.25, -0.2) is 0 Å². The smallest absolute Gasteiger partial charge is 0.261 e. The van der Waals surface area contributed by atoms with Crippen molar-refractivity contribution >= 4 is 38.5 Å². The molecule has 0 aliphatic heterocycles. The van der Waals surface area contributed by atoms with Gasteiger partial charge in [-0.05, 0) is 48.1 Å². The van der Waals surface area contributed by atoms with Crippen LogP contribution < -0.4 is 10.1 Å². The number of fused-ring (bicyclic) bond motifs is 1. The van der Waals surface area contributed by atoms with E-state index in [4.69, 9.17) is 4.74 Å². The number of rotatable bonds is 11. The summed E-state index contributed by atoms with van der Waals surface area (Å²) in [6, 6.07) is 30.6. The highest BCUT2D eigenvalue weighted by atomic mass is 79.9. The second kappa shape index (κ2) is 13.2. The third-order valence-electron chi connectivity index (χ3n) is 6.61. The molecule has 38 heavy (non-hydrogen) atoms. The molecule has 0 aromatic heterocycles. The van der Waals surface area contributed by atoms with Gasteiger partial charge in [0, 0.05) is 28.9 Å². The summed E-state index contributed by atoms with van der Waals surface area (Å²) in [7, 11) is 0. The molecule has 0 radical (unpaired) electrons. The molecule has 4 aromatic carbocycles. The minimum atomic E-state index is -0.700. The molecule has 0 saturated heterocycles. The van der Waals surface area contributed by atoms with Crippen LogP contribution in [0.1, 0.15) is 31.4 Å². The Labute approximate surface area is 232 Å². The van der Waals surface area contributed by atoms with Gasteiger partial charge < -0.3 is 15.0 Å². The predicted molar refractivity (Wildman–Crippen MR) is 156 cm³/mol. The van der Waals surface area contributed by atoms with Gasteiger partial charge in [0.1, 0.15) is 11.8 Å². The standard InChI is InChI=1S/C32H33BrN2O3/c1-3-23(2)34-32(37)29(20-24-11-5-4-6-12-24)35(21-25-13-9-16-27(33)19-25)31(36)22-38-30-18-10-15-26-14-7-8-17-28(26)30/h4-19,23,29H,3,20-22H2,1-2H3,(H,34,37)/t23-,29+/m0/s1. The normalized spacial score (nSPS) is 12.5. The number of hydrogen-bond acceptors (Lipinski definition) is 3. The number of nitrogens with zero attached hydrogens (tertiary/aromatic N) is 1. The zero-order valence-electron chi connectivity index (χ0n) is 21.8. The van der Waals surface area contributed by atoms with E-state index in [2.05, 4.69) is 21.2 Å². The van der Waals surface area contributed by atoms with Crippen molar-refractivity contribution in [3.8, 4) is 5.75 Å². The Bertz CT molecular complexity index is 1370. The molecule has 196 valence electrons. The quantitative estimate of drug-likeness (QED) is 0.222. The summed E-state index contributed by atoms with van der Waals surface area (Å²) in [5, 5.41) is 5.08. The molecule has 2 atom stereocenters. The number of carbonyl (C=O) groups excluding carboxylic acids is 2. The molecule has 0 saturated carbocycles. The Balaban J connectivity index is 1.65. The van der Waals surface area contributed by atoms with Crippen LogP contribution in [-0.2, 0) is 22.6 Å². The third kappa shape index (κ3) is 7.23. The Kier molecular flexibility index (Phi) is 9.55. The Morgan fingerprint density at radius 2 is 1.58 bits per heavy atom. The highest BCUT2D eigenvalue weighted by Crippen LogP contribution is 2.25. The fourth-order valence-corrected chi connectivity index (χ4v) is 4.82. The lowest BCUT2D eigenvalue weighted by Gasteiger charge is -2.32. The number of ether oxygens (including phenoxy) is 1. The van der Waals surface area contributed by atoms with Crippen molar-refractivity contribution in [2.45, 2.75) is 45.3 Å². The van der Waals surface area contributed by atoms with Crippen LogP contribution in [0.5, 0.6) is 5.75 Å². The van der Waals surface area contributed by atoms with Gasteiger partial charge in [0.15, 0.2) is 6.61 Å². The lowest BCUT2D eigenvalue weighted by molar-refractivity contribution is -0.143. The van der Waals surface area contributed by atoms with Crippen molar-refractivity contribution in [1.82, 2.24) is 10.2 Å². The zero-order valence-corrected chi connectivity index (χ0v) is 23.4. The van der Waals surface area contributed by atoms with Gasteiger partial charge in [0.25, 0.3) is 5.91 Å².